The van der Waals surface area contributed by atoms with Crippen molar-refractivity contribution in [2.24, 2.45) is 0 Å². The van der Waals surface area contributed by atoms with Crippen LogP contribution in [0.5, 0.6) is 11.5 Å². The van der Waals surface area contributed by atoms with Crippen LogP contribution in [0.2, 0.25) is 0 Å². The number of carbonyl (C=O) groups excluding carboxylic acids is 1. The number of rotatable bonds is 5. The van der Waals surface area contributed by atoms with Gasteiger partial charge in [-0.05, 0) is 42.3 Å². The summed E-state index contributed by atoms with van der Waals surface area (Å²) in [6, 6.07) is 15.8. The molecule has 7 heteroatoms. The second-order valence-corrected chi connectivity index (χ2v) is 7.34. The van der Waals surface area contributed by atoms with E-state index in [1.165, 1.54) is 0 Å². The van der Waals surface area contributed by atoms with Gasteiger partial charge in [0, 0.05) is 31.3 Å². The number of amides is 1. The highest BCUT2D eigenvalue weighted by Gasteiger charge is 2.21. The first-order valence-electron chi connectivity index (χ1n) is 10.2. The Morgan fingerprint density at radius 3 is 2.63 bits per heavy atom. The smallest absolute Gasteiger partial charge is 0.231 e. The average Bonchev–Trinajstić information content (AvgIpc) is 3.45. The normalized spacial score (nSPS) is 15.4. The van der Waals surface area contributed by atoms with Gasteiger partial charge in [-0.25, -0.2) is 4.68 Å². The number of hydrogen-bond donors (Lipinski definition) is 0. The summed E-state index contributed by atoms with van der Waals surface area (Å²) in [6.45, 7) is 2.78. The van der Waals surface area contributed by atoms with Crippen LogP contribution in [0.25, 0.3) is 16.9 Å². The molecule has 154 valence electrons. The van der Waals surface area contributed by atoms with Crippen molar-refractivity contribution in [1.29, 1.82) is 0 Å². The number of aromatic nitrogens is 2. The van der Waals surface area contributed by atoms with Gasteiger partial charge in [0.05, 0.1) is 24.6 Å². The molecule has 1 saturated heterocycles. The average molecular weight is 405 g/mol. The lowest BCUT2D eigenvalue weighted by Gasteiger charge is -2.26. The van der Waals surface area contributed by atoms with E-state index in [9.17, 15) is 4.79 Å². The molecule has 1 aromatic heterocycles. The van der Waals surface area contributed by atoms with Gasteiger partial charge >= 0.3 is 0 Å². The van der Waals surface area contributed by atoms with Crippen LogP contribution in [0.15, 0.2) is 54.7 Å². The van der Waals surface area contributed by atoms with Crippen LogP contribution in [0.1, 0.15) is 12.0 Å². The Kier molecular flexibility index (Phi) is 5.11. The molecule has 2 aliphatic heterocycles. The van der Waals surface area contributed by atoms with E-state index in [-0.39, 0.29) is 12.7 Å². The van der Waals surface area contributed by atoms with Crippen molar-refractivity contribution in [3.63, 3.8) is 0 Å². The van der Waals surface area contributed by atoms with Crippen molar-refractivity contribution in [2.45, 2.75) is 12.8 Å². The third-order valence-corrected chi connectivity index (χ3v) is 5.43. The molecule has 30 heavy (non-hydrogen) atoms. The van der Waals surface area contributed by atoms with Crippen LogP contribution < -0.4 is 9.47 Å². The lowest BCUT2D eigenvalue weighted by atomic mass is 10.0. The Morgan fingerprint density at radius 2 is 1.80 bits per heavy atom. The minimum Gasteiger partial charge on any atom is -0.454 e. The van der Waals surface area contributed by atoms with Crippen LogP contribution >= 0.6 is 0 Å². The minimum atomic E-state index is 0.155. The number of benzene rings is 2. The second-order valence-electron chi connectivity index (χ2n) is 7.34. The molecule has 0 N–H and O–H groups in total. The molecule has 1 amide bonds. The summed E-state index contributed by atoms with van der Waals surface area (Å²) in [4.78, 5) is 14.5. The van der Waals surface area contributed by atoms with Crippen molar-refractivity contribution in [2.75, 3.05) is 33.1 Å². The van der Waals surface area contributed by atoms with Gasteiger partial charge in [-0.3, -0.25) is 4.79 Å². The molecule has 0 atom stereocenters. The fraction of sp³-hybridized carbons (Fsp3) is 0.304. The lowest BCUT2D eigenvalue weighted by Crippen LogP contribution is -2.40. The fourth-order valence-electron chi connectivity index (χ4n) is 3.80. The third-order valence-electron chi connectivity index (χ3n) is 5.43. The number of para-hydroxylation sites is 1. The fourth-order valence-corrected chi connectivity index (χ4v) is 3.80. The molecular formula is C23H23N3O4. The summed E-state index contributed by atoms with van der Waals surface area (Å²) in [6.07, 6.45) is 3.08. The summed E-state index contributed by atoms with van der Waals surface area (Å²) < 4.78 is 18.2. The van der Waals surface area contributed by atoms with Gasteiger partial charge in [0.1, 0.15) is 0 Å². The second kappa shape index (κ2) is 8.20. The molecule has 3 heterocycles. The predicted octanol–water partition coefficient (Wildman–Crippen LogP) is 3.06. The first-order valence-corrected chi connectivity index (χ1v) is 10.2. The van der Waals surface area contributed by atoms with Crippen molar-refractivity contribution in [3.8, 4) is 28.4 Å². The first-order chi connectivity index (χ1) is 14.8. The molecule has 2 aliphatic rings. The molecule has 3 aromatic rings. The van der Waals surface area contributed by atoms with E-state index in [1.807, 2.05) is 64.3 Å². The monoisotopic (exact) mass is 405 g/mol. The minimum absolute atomic E-state index is 0.155. The van der Waals surface area contributed by atoms with Crippen LogP contribution in [-0.4, -0.2) is 53.7 Å². The summed E-state index contributed by atoms with van der Waals surface area (Å²) >= 11 is 0. The lowest BCUT2D eigenvalue weighted by molar-refractivity contribution is -0.135. The molecule has 1 fully saturated rings. The number of fused-ring (bicyclic) bond motifs is 1. The Hall–Kier alpha value is -3.32. The zero-order valence-electron chi connectivity index (χ0n) is 16.6. The Morgan fingerprint density at radius 1 is 1.00 bits per heavy atom. The molecule has 0 aliphatic carbocycles. The molecule has 0 bridgehead atoms. The quantitative estimate of drug-likeness (QED) is 0.653. The van der Waals surface area contributed by atoms with Crippen LogP contribution in [0, 0.1) is 0 Å². The Balaban J connectivity index is 1.44. The largest absolute Gasteiger partial charge is 0.454 e. The molecule has 5 rings (SSSR count). The van der Waals surface area contributed by atoms with Crippen LogP contribution in [0.4, 0.5) is 0 Å². The van der Waals surface area contributed by atoms with Crippen molar-refractivity contribution < 1.29 is 19.0 Å². The van der Waals surface area contributed by atoms with E-state index in [0.29, 0.717) is 39.1 Å². The molecule has 0 spiro atoms. The number of aryl methyl sites for hydroxylation is 1. The summed E-state index contributed by atoms with van der Waals surface area (Å²) in [5.41, 5.74) is 3.80. The topological polar surface area (TPSA) is 65.8 Å². The summed E-state index contributed by atoms with van der Waals surface area (Å²) in [5.74, 6) is 1.62. The van der Waals surface area contributed by atoms with Gasteiger partial charge in [-0.1, -0.05) is 18.2 Å². The van der Waals surface area contributed by atoms with E-state index in [1.54, 1.807) is 0 Å². The number of nitrogens with zero attached hydrogens (tertiary/aromatic N) is 3. The third kappa shape index (κ3) is 3.76. The maximum atomic E-state index is 12.7. The van der Waals surface area contributed by atoms with Gasteiger partial charge in [-0.2, -0.15) is 5.10 Å². The van der Waals surface area contributed by atoms with E-state index < -0.39 is 0 Å². The molecule has 0 unspecified atom stereocenters. The summed E-state index contributed by atoms with van der Waals surface area (Å²) in [7, 11) is 0. The van der Waals surface area contributed by atoms with Gasteiger partial charge in [-0.15, -0.1) is 0 Å². The molecule has 7 nitrogen and oxygen atoms in total. The van der Waals surface area contributed by atoms with Gasteiger partial charge in [0.15, 0.2) is 11.5 Å². The van der Waals surface area contributed by atoms with Gasteiger partial charge < -0.3 is 19.1 Å². The van der Waals surface area contributed by atoms with Crippen molar-refractivity contribution in [1.82, 2.24) is 14.7 Å². The van der Waals surface area contributed by atoms with Gasteiger partial charge in [0.25, 0.3) is 0 Å². The van der Waals surface area contributed by atoms with E-state index >= 15 is 0 Å². The summed E-state index contributed by atoms with van der Waals surface area (Å²) in [5, 5.41) is 4.84. The highest BCUT2D eigenvalue weighted by Crippen LogP contribution is 2.36. The molecule has 0 saturated carbocycles. The Bertz CT molecular complexity index is 1040. The van der Waals surface area contributed by atoms with Crippen LogP contribution in [0.3, 0.4) is 0 Å². The van der Waals surface area contributed by atoms with E-state index in [0.717, 1.165) is 34.0 Å². The standard InChI is InChI=1S/C23H23N3O4/c27-22(25-10-12-28-13-11-25)9-7-18-15-26(19-4-2-1-3-5-19)24-23(18)17-6-8-20-21(14-17)30-16-29-20/h1-6,8,14-15H,7,9-13,16H2. The molecular weight excluding hydrogens is 382 g/mol. The Labute approximate surface area is 174 Å². The highest BCUT2D eigenvalue weighted by atomic mass is 16.7. The zero-order chi connectivity index (χ0) is 20.3. The maximum Gasteiger partial charge on any atom is 0.231 e. The van der Waals surface area contributed by atoms with Crippen molar-refractivity contribution in [3.05, 3.63) is 60.3 Å². The van der Waals surface area contributed by atoms with Gasteiger partial charge in [0.2, 0.25) is 12.7 Å². The first kappa shape index (κ1) is 18.7. The van der Waals surface area contributed by atoms with Crippen molar-refractivity contribution >= 4 is 5.91 Å². The predicted molar refractivity (Wildman–Crippen MR) is 111 cm³/mol. The van der Waals surface area contributed by atoms with E-state index in [4.69, 9.17) is 19.3 Å². The number of ether oxygens (including phenoxy) is 3. The SMILES string of the molecule is O=C(CCc1cn(-c2ccccc2)nc1-c1ccc2c(c1)OCO2)N1CCOCC1. The number of carbonyl (C=O) groups is 1. The molecule has 0 radical (unpaired) electrons. The van der Waals surface area contributed by atoms with E-state index in [2.05, 4.69) is 0 Å². The number of hydrogen-bond acceptors (Lipinski definition) is 5. The maximum absolute atomic E-state index is 12.7. The zero-order valence-corrected chi connectivity index (χ0v) is 16.6. The highest BCUT2D eigenvalue weighted by molar-refractivity contribution is 5.77. The molecule has 2 aromatic carbocycles. The van der Waals surface area contributed by atoms with Crippen LogP contribution in [-0.2, 0) is 16.0 Å². The number of morpholine rings is 1.